The quantitative estimate of drug-likeness (QED) is 0.777. The van der Waals surface area contributed by atoms with Gasteiger partial charge in [0.2, 0.25) is 0 Å². The summed E-state index contributed by atoms with van der Waals surface area (Å²) in [4.78, 5) is 0. The van der Waals surface area contributed by atoms with E-state index in [4.69, 9.17) is 0 Å². The molecule has 0 saturated carbocycles. The van der Waals surface area contributed by atoms with Gasteiger partial charge in [-0.1, -0.05) is 45.0 Å². The molecule has 0 spiro atoms. The molecule has 2 unspecified atom stereocenters. The first-order valence-electron chi connectivity index (χ1n) is 7.03. The molecule has 1 aromatic carbocycles. The SMILES string of the molecule is CCc1ccc(C(C)NCC(O)CC(C)C)cc1. The van der Waals surface area contributed by atoms with Gasteiger partial charge in [-0.05, 0) is 36.8 Å². The second-order valence-corrected chi connectivity index (χ2v) is 5.51. The highest BCUT2D eigenvalue weighted by Crippen LogP contribution is 2.14. The molecule has 0 aliphatic heterocycles. The lowest BCUT2D eigenvalue weighted by Crippen LogP contribution is -2.29. The maximum Gasteiger partial charge on any atom is 0.0667 e. The summed E-state index contributed by atoms with van der Waals surface area (Å²) in [7, 11) is 0. The van der Waals surface area contributed by atoms with Crippen LogP contribution in [0.15, 0.2) is 24.3 Å². The van der Waals surface area contributed by atoms with Crippen LogP contribution in [0.25, 0.3) is 0 Å². The Kier molecular flexibility index (Phi) is 6.37. The van der Waals surface area contributed by atoms with E-state index in [-0.39, 0.29) is 12.1 Å². The minimum absolute atomic E-state index is 0.248. The Morgan fingerprint density at radius 2 is 1.72 bits per heavy atom. The van der Waals surface area contributed by atoms with Crippen molar-refractivity contribution in [3.63, 3.8) is 0 Å². The average Bonchev–Trinajstić information content (AvgIpc) is 2.35. The smallest absolute Gasteiger partial charge is 0.0667 e. The molecule has 2 N–H and O–H groups in total. The van der Waals surface area contributed by atoms with Crippen molar-refractivity contribution in [3.05, 3.63) is 35.4 Å². The molecule has 0 aromatic heterocycles. The highest BCUT2D eigenvalue weighted by Gasteiger charge is 2.10. The summed E-state index contributed by atoms with van der Waals surface area (Å²) < 4.78 is 0. The zero-order valence-electron chi connectivity index (χ0n) is 12.1. The maximum atomic E-state index is 9.84. The molecule has 18 heavy (non-hydrogen) atoms. The molecule has 2 atom stereocenters. The van der Waals surface area contributed by atoms with Crippen LogP contribution in [0.2, 0.25) is 0 Å². The number of nitrogens with one attached hydrogen (secondary N) is 1. The summed E-state index contributed by atoms with van der Waals surface area (Å²) in [6.07, 6.45) is 1.69. The fourth-order valence-electron chi connectivity index (χ4n) is 2.10. The van der Waals surface area contributed by atoms with Gasteiger partial charge in [-0.3, -0.25) is 0 Å². The van der Waals surface area contributed by atoms with Gasteiger partial charge in [0.1, 0.15) is 0 Å². The van der Waals surface area contributed by atoms with Crippen LogP contribution in [0, 0.1) is 5.92 Å². The van der Waals surface area contributed by atoms with Crippen LogP contribution >= 0.6 is 0 Å². The van der Waals surface area contributed by atoms with E-state index < -0.39 is 0 Å². The Morgan fingerprint density at radius 1 is 1.11 bits per heavy atom. The third kappa shape index (κ3) is 5.19. The van der Waals surface area contributed by atoms with E-state index in [1.165, 1.54) is 11.1 Å². The van der Waals surface area contributed by atoms with Gasteiger partial charge in [-0.15, -0.1) is 0 Å². The number of aliphatic hydroxyl groups excluding tert-OH is 1. The van der Waals surface area contributed by atoms with E-state index in [0.717, 1.165) is 12.8 Å². The summed E-state index contributed by atoms with van der Waals surface area (Å²) in [6, 6.07) is 8.99. The highest BCUT2D eigenvalue weighted by molar-refractivity contribution is 5.24. The summed E-state index contributed by atoms with van der Waals surface area (Å²) in [5.41, 5.74) is 2.65. The van der Waals surface area contributed by atoms with Crippen LogP contribution in [-0.2, 0) is 6.42 Å². The molecule has 102 valence electrons. The molecule has 1 aromatic rings. The summed E-state index contributed by atoms with van der Waals surface area (Å²) >= 11 is 0. The van der Waals surface area contributed by atoms with Crippen LogP contribution in [0.3, 0.4) is 0 Å². The predicted octanol–water partition coefficient (Wildman–Crippen LogP) is 3.31. The molecule has 2 nitrogen and oxygen atoms in total. The van der Waals surface area contributed by atoms with Crippen molar-refractivity contribution in [2.45, 2.75) is 52.7 Å². The number of benzene rings is 1. The third-order valence-electron chi connectivity index (χ3n) is 3.29. The van der Waals surface area contributed by atoms with E-state index in [0.29, 0.717) is 12.5 Å². The van der Waals surface area contributed by atoms with E-state index in [1.807, 2.05) is 0 Å². The van der Waals surface area contributed by atoms with Crippen LogP contribution in [-0.4, -0.2) is 17.8 Å². The van der Waals surface area contributed by atoms with Gasteiger partial charge >= 0.3 is 0 Å². The van der Waals surface area contributed by atoms with Crippen molar-refractivity contribution in [2.24, 2.45) is 5.92 Å². The maximum absolute atomic E-state index is 9.84. The molecule has 0 amide bonds. The fraction of sp³-hybridized carbons (Fsp3) is 0.625. The molecule has 2 heteroatoms. The van der Waals surface area contributed by atoms with E-state index >= 15 is 0 Å². The lowest BCUT2D eigenvalue weighted by Gasteiger charge is -2.19. The van der Waals surface area contributed by atoms with Gasteiger partial charge in [0.25, 0.3) is 0 Å². The number of aryl methyl sites for hydroxylation is 1. The van der Waals surface area contributed by atoms with Crippen molar-refractivity contribution in [1.29, 1.82) is 0 Å². The molecule has 1 rings (SSSR count). The Balaban J connectivity index is 2.42. The van der Waals surface area contributed by atoms with Crippen molar-refractivity contribution < 1.29 is 5.11 Å². The van der Waals surface area contributed by atoms with E-state index in [1.54, 1.807) is 0 Å². The van der Waals surface area contributed by atoms with Crippen molar-refractivity contribution >= 4 is 0 Å². The van der Waals surface area contributed by atoms with Gasteiger partial charge < -0.3 is 10.4 Å². The monoisotopic (exact) mass is 249 g/mol. The predicted molar refractivity (Wildman–Crippen MR) is 77.7 cm³/mol. The molecule has 0 heterocycles. The first kappa shape index (κ1) is 15.2. The van der Waals surface area contributed by atoms with Crippen LogP contribution in [0.4, 0.5) is 0 Å². The molecule has 0 fully saturated rings. The van der Waals surface area contributed by atoms with Crippen LogP contribution in [0.1, 0.15) is 51.3 Å². The van der Waals surface area contributed by atoms with Gasteiger partial charge in [-0.25, -0.2) is 0 Å². The molecule has 0 radical (unpaired) electrons. The van der Waals surface area contributed by atoms with Gasteiger partial charge in [-0.2, -0.15) is 0 Å². The molecular weight excluding hydrogens is 222 g/mol. The zero-order valence-corrected chi connectivity index (χ0v) is 12.1. The van der Waals surface area contributed by atoms with Gasteiger partial charge in [0, 0.05) is 12.6 Å². The number of rotatable bonds is 7. The fourth-order valence-corrected chi connectivity index (χ4v) is 2.10. The zero-order chi connectivity index (χ0) is 13.5. The first-order valence-corrected chi connectivity index (χ1v) is 7.03. The molecule has 0 aliphatic carbocycles. The first-order chi connectivity index (χ1) is 8.52. The molecule has 0 saturated heterocycles. The molecular formula is C16H27NO. The highest BCUT2D eigenvalue weighted by atomic mass is 16.3. The van der Waals surface area contributed by atoms with Crippen LogP contribution < -0.4 is 5.32 Å². The van der Waals surface area contributed by atoms with Crippen molar-refractivity contribution in [1.82, 2.24) is 5.32 Å². The lowest BCUT2D eigenvalue weighted by atomic mass is 10.0. The van der Waals surface area contributed by atoms with Crippen molar-refractivity contribution in [3.8, 4) is 0 Å². The average molecular weight is 249 g/mol. The summed E-state index contributed by atoms with van der Waals surface area (Å²) in [5, 5.41) is 13.2. The van der Waals surface area contributed by atoms with Gasteiger partial charge in [0.15, 0.2) is 0 Å². The number of aliphatic hydroxyl groups is 1. The number of hydrogen-bond donors (Lipinski definition) is 2. The Labute approximate surface area is 111 Å². The normalized spacial score (nSPS) is 14.8. The van der Waals surface area contributed by atoms with Gasteiger partial charge in [0.05, 0.1) is 6.10 Å². The number of hydrogen-bond acceptors (Lipinski definition) is 2. The summed E-state index contributed by atoms with van der Waals surface area (Å²) in [5.74, 6) is 0.543. The lowest BCUT2D eigenvalue weighted by molar-refractivity contribution is 0.143. The second kappa shape index (κ2) is 7.55. The Hall–Kier alpha value is -0.860. The van der Waals surface area contributed by atoms with E-state index in [2.05, 4.69) is 57.3 Å². The standard InChI is InChI=1S/C16H27NO/c1-5-14-6-8-15(9-7-14)13(4)17-11-16(18)10-12(2)3/h6-9,12-13,16-18H,5,10-11H2,1-4H3. The van der Waals surface area contributed by atoms with E-state index in [9.17, 15) is 5.11 Å². The van der Waals surface area contributed by atoms with Crippen molar-refractivity contribution in [2.75, 3.05) is 6.54 Å². The third-order valence-corrected chi connectivity index (χ3v) is 3.29. The molecule has 0 bridgehead atoms. The Bertz CT molecular complexity index is 331. The molecule has 0 aliphatic rings. The minimum Gasteiger partial charge on any atom is -0.392 e. The summed E-state index contributed by atoms with van der Waals surface area (Å²) in [6.45, 7) is 9.24. The minimum atomic E-state index is -0.248. The van der Waals surface area contributed by atoms with Crippen LogP contribution in [0.5, 0.6) is 0 Å². The largest absolute Gasteiger partial charge is 0.392 e. The Morgan fingerprint density at radius 3 is 2.22 bits per heavy atom. The second-order valence-electron chi connectivity index (χ2n) is 5.51. The topological polar surface area (TPSA) is 32.3 Å².